The lowest BCUT2D eigenvalue weighted by atomic mass is 9.81. The number of rotatable bonds is 9. The van der Waals surface area contributed by atoms with Gasteiger partial charge in [-0.15, -0.1) is 4.40 Å². The van der Waals surface area contributed by atoms with Gasteiger partial charge in [0.05, 0.1) is 6.04 Å². The van der Waals surface area contributed by atoms with Gasteiger partial charge < -0.3 is 15.2 Å². The molecule has 38 heavy (non-hydrogen) atoms. The van der Waals surface area contributed by atoms with Gasteiger partial charge in [-0.3, -0.25) is 9.59 Å². The van der Waals surface area contributed by atoms with Crippen molar-refractivity contribution < 1.29 is 22.5 Å². The molecule has 200 valence electrons. The van der Waals surface area contributed by atoms with Crippen LogP contribution >= 0.6 is 0 Å². The second kappa shape index (κ2) is 10.3. The molecular formula is C27H31N5O5S. The molecule has 5 rings (SSSR count). The number of nitrogens with zero attached hydrogens (tertiary/aromatic N) is 3. The number of aromatic nitrogens is 2. The van der Waals surface area contributed by atoms with Gasteiger partial charge in [-0.1, -0.05) is 62.2 Å². The van der Waals surface area contributed by atoms with E-state index >= 15 is 0 Å². The first kappa shape index (κ1) is 26.0. The fourth-order valence-electron chi connectivity index (χ4n) is 5.35. The standard InChI is InChI=1S/C27H31N5O5S/c1-3-19(22(33)26-30-23(31-37-26)17-10-4-5-11-17)29-25(34)20(16-27(2)14-8-9-15-27)28-24-18-12-6-7-13-21(18)38(35,36)32-24/h4,6-7,10-13,19-20H,3,5,8-9,14-16H2,1-2H3,(H,28,32)(H,29,34)/t19-,20-/m0/s1. The summed E-state index contributed by atoms with van der Waals surface area (Å²) in [5.74, 6) is -0.582. The van der Waals surface area contributed by atoms with E-state index in [9.17, 15) is 18.0 Å². The Kier molecular flexibility index (Phi) is 7.04. The summed E-state index contributed by atoms with van der Waals surface area (Å²) in [5.41, 5.74) is 1.12. The molecule has 0 saturated heterocycles. The van der Waals surface area contributed by atoms with Crippen molar-refractivity contribution >= 4 is 33.1 Å². The van der Waals surface area contributed by atoms with Crippen molar-refractivity contribution in [1.82, 2.24) is 20.8 Å². The number of amidine groups is 1. The Balaban J connectivity index is 1.36. The number of Topliss-reactive ketones (excluding diaryl/α,β-unsaturated/α-hetero) is 1. The lowest BCUT2D eigenvalue weighted by molar-refractivity contribution is -0.124. The SMILES string of the molecule is CC[C@H](NC(=O)[C@H](CC1(C)CCCC1)NC1=NS(=O)(=O)c2ccccc21)C(=O)c1nc(C2=CCC=C2)no1. The summed E-state index contributed by atoms with van der Waals surface area (Å²) in [4.78, 5) is 31.2. The molecule has 1 aromatic heterocycles. The average Bonchev–Trinajstić information content (AvgIpc) is 3.70. The van der Waals surface area contributed by atoms with Gasteiger partial charge in [0.2, 0.25) is 17.5 Å². The third-order valence-electron chi connectivity index (χ3n) is 7.47. The van der Waals surface area contributed by atoms with Gasteiger partial charge in [-0.2, -0.15) is 13.4 Å². The lowest BCUT2D eigenvalue weighted by Crippen LogP contribution is -2.52. The highest BCUT2D eigenvalue weighted by atomic mass is 32.2. The minimum absolute atomic E-state index is 0.0950. The summed E-state index contributed by atoms with van der Waals surface area (Å²) in [6.07, 6.45) is 11.4. The van der Waals surface area contributed by atoms with E-state index in [0.29, 0.717) is 24.2 Å². The largest absolute Gasteiger partial charge is 0.357 e. The molecule has 0 spiro atoms. The van der Waals surface area contributed by atoms with E-state index < -0.39 is 33.8 Å². The predicted octanol–water partition coefficient (Wildman–Crippen LogP) is 3.57. The number of allylic oxidation sites excluding steroid dienone is 4. The van der Waals surface area contributed by atoms with Crippen molar-refractivity contribution in [2.75, 3.05) is 0 Å². The highest BCUT2D eigenvalue weighted by molar-refractivity contribution is 7.90. The zero-order valence-corrected chi connectivity index (χ0v) is 22.3. The van der Waals surface area contributed by atoms with Gasteiger partial charge in [0.15, 0.2) is 0 Å². The Hall–Kier alpha value is -3.60. The minimum Gasteiger partial charge on any atom is -0.357 e. The Labute approximate surface area is 221 Å². The predicted molar refractivity (Wildman–Crippen MR) is 141 cm³/mol. The maximum Gasteiger partial charge on any atom is 0.296 e. The second-order valence-corrected chi connectivity index (χ2v) is 12.0. The first-order valence-corrected chi connectivity index (χ1v) is 14.4. The van der Waals surface area contributed by atoms with Crippen LogP contribution in [0, 0.1) is 5.41 Å². The van der Waals surface area contributed by atoms with Crippen LogP contribution < -0.4 is 10.6 Å². The van der Waals surface area contributed by atoms with Crippen LogP contribution in [0.4, 0.5) is 0 Å². The molecule has 1 aromatic carbocycles. The molecule has 11 heteroatoms. The number of amides is 1. The van der Waals surface area contributed by atoms with E-state index in [4.69, 9.17) is 4.52 Å². The van der Waals surface area contributed by atoms with E-state index in [1.807, 2.05) is 18.2 Å². The number of hydrogen-bond donors (Lipinski definition) is 2. The molecular weight excluding hydrogens is 506 g/mol. The maximum atomic E-state index is 13.6. The third-order valence-corrected chi connectivity index (χ3v) is 8.81. The van der Waals surface area contributed by atoms with E-state index in [1.165, 1.54) is 6.07 Å². The first-order chi connectivity index (χ1) is 18.2. The van der Waals surface area contributed by atoms with Gasteiger partial charge in [-0.25, -0.2) is 0 Å². The number of carbonyl (C=O) groups excluding carboxylic acids is 2. The number of hydrogen-bond acceptors (Lipinski definition) is 8. The van der Waals surface area contributed by atoms with Crippen LogP contribution in [0.5, 0.6) is 0 Å². The maximum absolute atomic E-state index is 13.6. The highest BCUT2D eigenvalue weighted by Gasteiger charge is 2.38. The minimum atomic E-state index is -3.85. The third kappa shape index (κ3) is 5.20. The summed E-state index contributed by atoms with van der Waals surface area (Å²) in [6.45, 7) is 3.92. The summed E-state index contributed by atoms with van der Waals surface area (Å²) < 4.78 is 34.3. The van der Waals surface area contributed by atoms with Gasteiger partial charge in [0.25, 0.3) is 15.9 Å². The molecule has 2 heterocycles. The molecule has 2 aliphatic carbocycles. The molecule has 1 amide bonds. The van der Waals surface area contributed by atoms with Crippen LogP contribution in [0.15, 0.2) is 56.3 Å². The average molecular weight is 538 g/mol. The molecule has 1 aliphatic heterocycles. The molecule has 1 fully saturated rings. The Morgan fingerprint density at radius 1 is 1.16 bits per heavy atom. The van der Waals surface area contributed by atoms with Crippen LogP contribution in [0.2, 0.25) is 0 Å². The van der Waals surface area contributed by atoms with Crippen LogP contribution in [0.3, 0.4) is 0 Å². The molecule has 10 nitrogen and oxygen atoms in total. The van der Waals surface area contributed by atoms with E-state index in [0.717, 1.165) is 37.7 Å². The second-order valence-electron chi connectivity index (χ2n) is 10.4. The summed E-state index contributed by atoms with van der Waals surface area (Å²) >= 11 is 0. The summed E-state index contributed by atoms with van der Waals surface area (Å²) in [7, 11) is -3.85. The van der Waals surface area contributed by atoms with Crippen LogP contribution in [-0.2, 0) is 14.8 Å². The quantitative estimate of drug-likeness (QED) is 0.462. The van der Waals surface area contributed by atoms with Crippen molar-refractivity contribution in [3.63, 3.8) is 0 Å². The van der Waals surface area contributed by atoms with Crippen LogP contribution in [0.1, 0.15) is 80.9 Å². The number of benzene rings is 1. The number of carbonyl (C=O) groups is 2. The van der Waals surface area contributed by atoms with Gasteiger partial charge in [0, 0.05) is 11.1 Å². The molecule has 2 N–H and O–H groups in total. The summed E-state index contributed by atoms with van der Waals surface area (Å²) in [5, 5.41) is 9.86. The molecule has 0 bridgehead atoms. The number of sulfonamides is 1. The van der Waals surface area contributed by atoms with Crippen molar-refractivity contribution in [2.45, 2.75) is 75.8 Å². The van der Waals surface area contributed by atoms with Crippen molar-refractivity contribution in [3.8, 4) is 0 Å². The fourth-order valence-corrected chi connectivity index (χ4v) is 6.53. The van der Waals surface area contributed by atoms with Gasteiger partial charge >= 0.3 is 0 Å². The lowest BCUT2D eigenvalue weighted by Gasteiger charge is -2.30. The molecule has 1 saturated carbocycles. The highest BCUT2D eigenvalue weighted by Crippen LogP contribution is 2.41. The van der Waals surface area contributed by atoms with Crippen molar-refractivity contribution in [3.05, 3.63) is 59.8 Å². The molecule has 2 aromatic rings. The van der Waals surface area contributed by atoms with Crippen LogP contribution in [0.25, 0.3) is 5.57 Å². The Bertz CT molecular complexity index is 1450. The summed E-state index contributed by atoms with van der Waals surface area (Å²) in [6, 6.07) is 4.85. The Morgan fingerprint density at radius 2 is 1.92 bits per heavy atom. The van der Waals surface area contributed by atoms with E-state index in [-0.39, 0.29) is 22.0 Å². The van der Waals surface area contributed by atoms with Crippen molar-refractivity contribution in [1.29, 1.82) is 0 Å². The van der Waals surface area contributed by atoms with Gasteiger partial charge in [0.1, 0.15) is 16.8 Å². The fraction of sp³-hybridized carbons (Fsp3) is 0.444. The number of fused-ring (bicyclic) bond motifs is 1. The van der Waals surface area contributed by atoms with E-state index in [1.54, 1.807) is 25.1 Å². The van der Waals surface area contributed by atoms with Crippen LogP contribution in [-0.4, -0.2) is 48.2 Å². The normalized spacial score (nSPS) is 20.4. The molecule has 0 unspecified atom stereocenters. The molecule has 0 radical (unpaired) electrons. The van der Waals surface area contributed by atoms with Crippen molar-refractivity contribution in [2.24, 2.45) is 9.81 Å². The topological polar surface area (TPSA) is 144 Å². The first-order valence-electron chi connectivity index (χ1n) is 13.0. The zero-order valence-electron chi connectivity index (χ0n) is 21.4. The zero-order chi connectivity index (χ0) is 26.9. The smallest absolute Gasteiger partial charge is 0.296 e. The Morgan fingerprint density at radius 3 is 2.63 bits per heavy atom. The monoisotopic (exact) mass is 537 g/mol. The number of nitrogens with one attached hydrogen (secondary N) is 2. The van der Waals surface area contributed by atoms with E-state index in [2.05, 4.69) is 32.1 Å². The number of ketones is 1. The molecule has 3 aliphatic rings. The van der Waals surface area contributed by atoms with Gasteiger partial charge in [-0.05, 0) is 49.7 Å². The molecule has 2 atom stereocenters.